The van der Waals surface area contributed by atoms with Crippen LogP contribution in [0.3, 0.4) is 0 Å². The van der Waals surface area contributed by atoms with E-state index in [1.165, 1.54) is 18.4 Å². The molecule has 0 aromatic heterocycles. The number of hydrogen-bond acceptors (Lipinski definition) is 3. The van der Waals surface area contributed by atoms with E-state index >= 15 is 0 Å². The maximum atomic E-state index is 12.5. The Hall–Kier alpha value is -1.39. The monoisotopic (exact) mass is 331 g/mol. The Kier molecular flexibility index (Phi) is 6.81. The highest BCUT2D eigenvalue weighted by Crippen LogP contribution is 2.26. The summed E-state index contributed by atoms with van der Waals surface area (Å²) in [5, 5.41) is 3.11. The molecule has 134 valence electrons. The van der Waals surface area contributed by atoms with Gasteiger partial charge in [0.05, 0.1) is 11.6 Å². The first-order valence-corrected chi connectivity index (χ1v) is 9.30. The minimum Gasteiger partial charge on any atom is -0.353 e. The van der Waals surface area contributed by atoms with E-state index in [1.54, 1.807) is 0 Å². The molecule has 0 aliphatic carbocycles. The first kappa shape index (κ1) is 18.9. The van der Waals surface area contributed by atoms with Crippen molar-refractivity contribution in [3.05, 3.63) is 35.9 Å². The summed E-state index contributed by atoms with van der Waals surface area (Å²) in [7, 11) is 0. The van der Waals surface area contributed by atoms with Gasteiger partial charge in [-0.15, -0.1) is 0 Å². The van der Waals surface area contributed by atoms with E-state index in [0.717, 1.165) is 25.4 Å². The molecule has 0 saturated carbocycles. The lowest BCUT2D eigenvalue weighted by atomic mass is 9.94. The Balaban J connectivity index is 2.05. The fraction of sp³-hybridized carbons (Fsp3) is 0.650. The molecule has 1 aromatic carbocycles. The normalized spacial score (nSPS) is 20.3. The molecular formula is C20H33N3O. The highest BCUT2D eigenvalue weighted by atomic mass is 16.2. The molecule has 1 aliphatic rings. The van der Waals surface area contributed by atoms with E-state index in [1.807, 2.05) is 13.0 Å². The fourth-order valence-electron chi connectivity index (χ4n) is 3.50. The Morgan fingerprint density at radius 3 is 2.54 bits per heavy atom. The summed E-state index contributed by atoms with van der Waals surface area (Å²) in [6.45, 7) is 9.00. The number of carbonyl (C=O) groups is 1. The SMILES string of the molecule is CCCC(C)(N)C(=O)NCC(c1ccccc1)N1CCC(C)CC1. The first-order chi connectivity index (χ1) is 11.4. The van der Waals surface area contributed by atoms with Crippen LogP contribution in [-0.2, 0) is 4.79 Å². The molecule has 0 radical (unpaired) electrons. The number of carbonyl (C=O) groups excluding carboxylic acids is 1. The summed E-state index contributed by atoms with van der Waals surface area (Å²) < 4.78 is 0. The zero-order valence-electron chi connectivity index (χ0n) is 15.4. The van der Waals surface area contributed by atoms with Crippen molar-refractivity contribution in [2.45, 2.75) is 58.0 Å². The van der Waals surface area contributed by atoms with Crippen molar-refractivity contribution in [1.29, 1.82) is 0 Å². The topological polar surface area (TPSA) is 58.4 Å². The average molecular weight is 332 g/mol. The van der Waals surface area contributed by atoms with Gasteiger partial charge in [0.15, 0.2) is 0 Å². The van der Waals surface area contributed by atoms with Crippen LogP contribution in [0.2, 0.25) is 0 Å². The Morgan fingerprint density at radius 1 is 1.33 bits per heavy atom. The number of likely N-dealkylation sites (tertiary alicyclic amines) is 1. The van der Waals surface area contributed by atoms with Crippen molar-refractivity contribution >= 4 is 5.91 Å². The Morgan fingerprint density at radius 2 is 1.96 bits per heavy atom. The maximum absolute atomic E-state index is 12.5. The first-order valence-electron chi connectivity index (χ1n) is 9.30. The fourth-order valence-corrected chi connectivity index (χ4v) is 3.50. The van der Waals surface area contributed by atoms with Crippen LogP contribution in [0.15, 0.2) is 30.3 Å². The lowest BCUT2D eigenvalue weighted by Gasteiger charge is -2.37. The van der Waals surface area contributed by atoms with Crippen LogP contribution >= 0.6 is 0 Å². The molecule has 1 aromatic rings. The van der Waals surface area contributed by atoms with E-state index in [4.69, 9.17) is 5.73 Å². The molecule has 0 bridgehead atoms. The van der Waals surface area contributed by atoms with Gasteiger partial charge in [-0.05, 0) is 50.8 Å². The van der Waals surface area contributed by atoms with Gasteiger partial charge >= 0.3 is 0 Å². The second-order valence-electron chi connectivity index (χ2n) is 7.52. The summed E-state index contributed by atoms with van der Waals surface area (Å²) in [6.07, 6.45) is 4.06. The number of nitrogens with one attached hydrogen (secondary N) is 1. The molecule has 24 heavy (non-hydrogen) atoms. The number of nitrogens with zero attached hydrogens (tertiary/aromatic N) is 1. The number of rotatable bonds is 7. The second-order valence-corrected chi connectivity index (χ2v) is 7.52. The molecule has 1 heterocycles. The van der Waals surface area contributed by atoms with Gasteiger partial charge in [-0.3, -0.25) is 9.69 Å². The second kappa shape index (κ2) is 8.63. The lowest BCUT2D eigenvalue weighted by molar-refractivity contribution is -0.126. The van der Waals surface area contributed by atoms with Crippen LogP contribution in [0.25, 0.3) is 0 Å². The van der Waals surface area contributed by atoms with E-state index in [-0.39, 0.29) is 11.9 Å². The van der Waals surface area contributed by atoms with Crippen molar-refractivity contribution in [2.75, 3.05) is 19.6 Å². The Labute approximate surface area is 146 Å². The van der Waals surface area contributed by atoms with Crippen molar-refractivity contribution in [2.24, 2.45) is 11.7 Å². The molecule has 2 unspecified atom stereocenters. The highest BCUT2D eigenvalue weighted by molar-refractivity contribution is 5.85. The summed E-state index contributed by atoms with van der Waals surface area (Å²) in [5.74, 6) is 0.750. The lowest BCUT2D eigenvalue weighted by Crippen LogP contribution is -2.53. The van der Waals surface area contributed by atoms with Crippen LogP contribution in [0.4, 0.5) is 0 Å². The van der Waals surface area contributed by atoms with E-state index in [9.17, 15) is 4.79 Å². The summed E-state index contributed by atoms with van der Waals surface area (Å²) in [6, 6.07) is 10.7. The zero-order valence-corrected chi connectivity index (χ0v) is 15.4. The third kappa shape index (κ3) is 5.05. The predicted octanol–water partition coefficient (Wildman–Crippen LogP) is 3.09. The van der Waals surface area contributed by atoms with Gasteiger partial charge in [0.1, 0.15) is 0 Å². The number of piperidine rings is 1. The predicted molar refractivity (Wildman–Crippen MR) is 99.7 cm³/mol. The van der Waals surface area contributed by atoms with Gasteiger partial charge < -0.3 is 11.1 Å². The third-order valence-corrected chi connectivity index (χ3v) is 5.19. The van der Waals surface area contributed by atoms with E-state index in [0.29, 0.717) is 13.0 Å². The number of amides is 1. The van der Waals surface area contributed by atoms with Gasteiger partial charge in [0, 0.05) is 6.54 Å². The zero-order chi connectivity index (χ0) is 17.6. The van der Waals surface area contributed by atoms with Gasteiger partial charge in [-0.1, -0.05) is 50.6 Å². The summed E-state index contributed by atoms with van der Waals surface area (Å²) in [5.41, 5.74) is 6.65. The minimum absolute atomic E-state index is 0.0457. The van der Waals surface area contributed by atoms with E-state index < -0.39 is 5.54 Å². The van der Waals surface area contributed by atoms with Crippen LogP contribution in [0.1, 0.15) is 58.1 Å². The van der Waals surface area contributed by atoms with Crippen molar-refractivity contribution in [3.8, 4) is 0 Å². The highest BCUT2D eigenvalue weighted by Gasteiger charge is 2.29. The third-order valence-electron chi connectivity index (χ3n) is 5.19. The van der Waals surface area contributed by atoms with Gasteiger partial charge in [-0.25, -0.2) is 0 Å². The van der Waals surface area contributed by atoms with E-state index in [2.05, 4.69) is 48.3 Å². The van der Waals surface area contributed by atoms with Crippen LogP contribution < -0.4 is 11.1 Å². The average Bonchev–Trinajstić information content (AvgIpc) is 2.57. The van der Waals surface area contributed by atoms with Gasteiger partial charge in [0.2, 0.25) is 5.91 Å². The molecule has 2 atom stereocenters. The standard InChI is InChI=1S/C20H33N3O/c1-4-12-20(3,21)19(24)22-15-18(17-8-6-5-7-9-17)23-13-10-16(2)11-14-23/h5-9,16,18H,4,10-15,21H2,1-3H3,(H,22,24). The molecule has 2 rings (SSSR count). The Bertz CT molecular complexity index is 507. The maximum Gasteiger partial charge on any atom is 0.239 e. The van der Waals surface area contributed by atoms with Gasteiger partial charge in [-0.2, -0.15) is 0 Å². The summed E-state index contributed by atoms with van der Waals surface area (Å²) >= 11 is 0. The molecule has 3 N–H and O–H groups in total. The van der Waals surface area contributed by atoms with Gasteiger partial charge in [0.25, 0.3) is 0 Å². The van der Waals surface area contributed by atoms with Crippen LogP contribution in [0.5, 0.6) is 0 Å². The molecular weight excluding hydrogens is 298 g/mol. The smallest absolute Gasteiger partial charge is 0.239 e. The molecule has 0 spiro atoms. The van der Waals surface area contributed by atoms with Crippen molar-refractivity contribution in [3.63, 3.8) is 0 Å². The molecule has 1 amide bonds. The van der Waals surface area contributed by atoms with Crippen LogP contribution in [0, 0.1) is 5.92 Å². The number of benzene rings is 1. The van der Waals surface area contributed by atoms with Crippen molar-refractivity contribution < 1.29 is 4.79 Å². The molecule has 4 nitrogen and oxygen atoms in total. The minimum atomic E-state index is -0.785. The molecule has 1 saturated heterocycles. The molecule has 4 heteroatoms. The molecule has 1 fully saturated rings. The largest absolute Gasteiger partial charge is 0.353 e. The summed E-state index contributed by atoms with van der Waals surface area (Å²) in [4.78, 5) is 15.0. The van der Waals surface area contributed by atoms with Crippen molar-refractivity contribution in [1.82, 2.24) is 10.2 Å². The quantitative estimate of drug-likeness (QED) is 0.807. The number of nitrogens with two attached hydrogens (primary N) is 1. The van der Waals surface area contributed by atoms with Crippen LogP contribution in [-0.4, -0.2) is 36.0 Å². The molecule has 1 aliphatic heterocycles. The number of hydrogen-bond donors (Lipinski definition) is 2.